The van der Waals surface area contributed by atoms with Gasteiger partial charge in [-0.2, -0.15) is 18.3 Å². The molecule has 3 rings (SSSR count). The second kappa shape index (κ2) is 8.10. The number of hydrogen-bond acceptors (Lipinski definition) is 4. The van der Waals surface area contributed by atoms with Crippen LogP contribution in [-0.2, 0) is 6.18 Å². The Bertz CT molecular complexity index is 779. The second-order valence-electron chi connectivity index (χ2n) is 6.50. The zero-order valence-corrected chi connectivity index (χ0v) is 15.0. The number of carbonyl (C=O) groups is 1. The monoisotopic (exact) mass is 381 g/mol. The summed E-state index contributed by atoms with van der Waals surface area (Å²) in [5.41, 5.74) is -0.354. The highest BCUT2D eigenvalue weighted by Crippen LogP contribution is 2.33. The van der Waals surface area contributed by atoms with Gasteiger partial charge < -0.3 is 10.6 Å². The quantitative estimate of drug-likeness (QED) is 0.830. The predicted octanol–water partition coefficient (Wildman–Crippen LogP) is 1.83. The van der Waals surface area contributed by atoms with Gasteiger partial charge in [0.15, 0.2) is 5.69 Å². The molecule has 0 bridgehead atoms. The molecule has 9 heteroatoms. The van der Waals surface area contributed by atoms with Gasteiger partial charge in [0.05, 0.1) is 17.4 Å². The number of hydrogen-bond donors (Lipinski definition) is 2. The molecule has 1 fully saturated rings. The Balaban J connectivity index is 1.76. The Morgan fingerprint density at radius 2 is 1.89 bits per heavy atom. The fraction of sp³-hybridized carbons (Fsp3) is 0.444. The SMILES string of the molecule is Cc1ccc(-n2ncc(C(=O)NCCN3CCNCC3)c2C(F)(F)F)cc1. The van der Waals surface area contributed by atoms with Crippen molar-refractivity contribution in [2.24, 2.45) is 0 Å². The van der Waals surface area contributed by atoms with Gasteiger partial charge in [-0.05, 0) is 19.1 Å². The minimum atomic E-state index is -4.70. The lowest BCUT2D eigenvalue weighted by Gasteiger charge is -2.27. The lowest BCUT2D eigenvalue weighted by atomic mass is 10.2. The van der Waals surface area contributed by atoms with Gasteiger partial charge in [-0.1, -0.05) is 17.7 Å². The van der Waals surface area contributed by atoms with E-state index >= 15 is 0 Å². The van der Waals surface area contributed by atoms with Crippen molar-refractivity contribution in [3.05, 3.63) is 47.3 Å². The highest BCUT2D eigenvalue weighted by atomic mass is 19.4. The molecular weight excluding hydrogens is 359 g/mol. The van der Waals surface area contributed by atoms with E-state index < -0.39 is 23.3 Å². The first-order chi connectivity index (χ1) is 12.9. The van der Waals surface area contributed by atoms with E-state index in [-0.39, 0.29) is 12.2 Å². The van der Waals surface area contributed by atoms with E-state index in [0.29, 0.717) is 6.54 Å². The molecule has 27 heavy (non-hydrogen) atoms. The molecule has 6 nitrogen and oxygen atoms in total. The molecular formula is C18H22F3N5O. The van der Waals surface area contributed by atoms with E-state index in [1.165, 1.54) is 0 Å². The Kier molecular flexibility index (Phi) is 5.81. The lowest BCUT2D eigenvalue weighted by molar-refractivity contribution is -0.143. The Hall–Kier alpha value is -2.39. The highest BCUT2D eigenvalue weighted by Gasteiger charge is 2.40. The molecule has 146 valence electrons. The van der Waals surface area contributed by atoms with E-state index in [4.69, 9.17) is 0 Å². The molecule has 2 heterocycles. The summed E-state index contributed by atoms with van der Waals surface area (Å²) in [7, 11) is 0. The van der Waals surface area contributed by atoms with Gasteiger partial charge in [0.25, 0.3) is 5.91 Å². The summed E-state index contributed by atoms with van der Waals surface area (Å²) < 4.78 is 41.6. The van der Waals surface area contributed by atoms with Gasteiger partial charge in [-0.25, -0.2) is 4.68 Å². The van der Waals surface area contributed by atoms with Gasteiger partial charge in [0, 0.05) is 39.3 Å². The minimum absolute atomic E-state index is 0.257. The molecule has 1 amide bonds. The van der Waals surface area contributed by atoms with Crippen LogP contribution < -0.4 is 10.6 Å². The van der Waals surface area contributed by atoms with E-state index in [2.05, 4.69) is 20.6 Å². The third-order valence-corrected chi connectivity index (χ3v) is 4.48. The van der Waals surface area contributed by atoms with Gasteiger partial charge in [-0.3, -0.25) is 9.69 Å². The molecule has 2 N–H and O–H groups in total. The van der Waals surface area contributed by atoms with Crippen LogP contribution in [0.4, 0.5) is 13.2 Å². The fourth-order valence-electron chi connectivity index (χ4n) is 3.03. The first kappa shape index (κ1) is 19.4. The number of alkyl halides is 3. The summed E-state index contributed by atoms with van der Waals surface area (Å²) in [4.78, 5) is 14.5. The number of piperazine rings is 1. The zero-order valence-electron chi connectivity index (χ0n) is 15.0. The van der Waals surface area contributed by atoms with Crippen LogP contribution in [0.1, 0.15) is 21.6 Å². The number of nitrogens with one attached hydrogen (secondary N) is 2. The summed E-state index contributed by atoms with van der Waals surface area (Å²) in [6.07, 6.45) is -3.73. The van der Waals surface area contributed by atoms with Gasteiger partial charge in [0.1, 0.15) is 0 Å². The van der Waals surface area contributed by atoms with Crippen LogP contribution in [0.5, 0.6) is 0 Å². The number of rotatable bonds is 5. The normalized spacial score (nSPS) is 15.7. The molecule has 2 aromatic rings. The Morgan fingerprint density at radius 3 is 2.52 bits per heavy atom. The number of aryl methyl sites for hydroxylation is 1. The smallest absolute Gasteiger partial charge is 0.351 e. The van der Waals surface area contributed by atoms with Gasteiger partial charge in [-0.15, -0.1) is 0 Å². The average Bonchev–Trinajstić information content (AvgIpc) is 3.09. The first-order valence-corrected chi connectivity index (χ1v) is 8.80. The molecule has 0 unspecified atom stereocenters. The summed E-state index contributed by atoms with van der Waals surface area (Å²) in [5, 5.41) is 9.62. The summed E-state index contributed by atoms with van der Waals surface area (Å²) in [5.74, 6) is -0.768. The molecule has 0 saturated carbocycles. The molecule has 1 aliphatic rings. The van der Waals surface area contributed by atoms with Crippen LogP contribution in [0.2, 0.25) is 0 Å². The summed E-state index contributed by atoms with van der Waals surface area (Å²) >= 11 is 0. The Labute approximate surface area is 155 Å². The second-order valence-corrected chi connectivity index (χ2v) is 6.50. The van der Waals surface area contributed by atoms with Crippen LogP contribution in [0, 0.1) is 6.92 Å². The standard InChI is InChI=1S/C18H22F3N5O/c1-13-2-4-14(5-3-13)26-16(18(19,20)21)15(12-24-26)17(27)23-8-11-25-9-6-22-7-10-25/h2-5,12,22H,6-11H2,1H3,(H,23,27). The van der Waals surface area contributed by atoms with Crippen molar-refractivity contribution < 1.29 is 18.0 Å². The maximum Gasteiger partial charge on any atom is 0.434 e. The number of benzene rings is 1. The molecule has 0 atom stereocenters. The topological polar surface area (TPSA) is 62.2 Å². The van der Waals surface area contributed by atoms with Crippen LogP contribution in [0.15, 0.2) is 30.5 Å². The molecule has 0 spiro atoms. The maximum absolute atomic E-state index is 13.6. The third-order valence-electron chi connectivity index (χ3n) is 4.48. The molecule has 1 aliphatic heterocycles. The van der Waals surface area contributed by atoms with Gasteiger partial charge >= 0.3 is 6.18 Å². The molecule has 1 aromatic heterocycles. The number of aromatic nitrogens is 2. The zero-order chi connectivity index (χ0) is 19.4. The number of amides is 1. The van der Waals surface area contributed by atoms with Crippen molar-refractivity contribution in [1.29, 1.82) is 0 Å². The molecule has 1 aromatic carbocycles. The van der Waals surface area contributed by atoms with Crippen LogP contribution in [0.3, 0.4) is 0 Å². The van der Waals surface area contributed by atoms with Crippen molar-refractivity contribution in [3.8, 4) is 5.69 Å². The predicted molar refractivity (Wildman–Crippen MR) is 94.9 cm³/mol. The maximum atomic E-state index is 13.6. The van der Waals surface area contributed by atoms with E-state index in [9.17, 15) is 18.0 Å². The van der Waals surface area contributed by atoms with Crippen molar-refractivity contribution in [1.82, 2.24) is 25.3 Å². The fourth-order valence-corrected chi connectivity index (χ4v) is 3.03. The number of halogens is 3. The van der Waals surface area contributed by atoms with Crippen LogP contribution >= 0.6 is 0 Å². The van der Waals surface area contributed by atoms with Crippen molar-refractivity contribution >= 4 is 5.91 Å². The van der Waals surface area contributed by atoms with Crippen molar-refractivity contribution in [2.45, 2.75) is 13.1 Å². The first-order valence-electron chi connectivity index (χ1n) is 8.80. The van der Waals surface area contributed by atoms with Crippen LogP contribution in [0.25, 0.3) is 5.69 Å². The summed E-state index contributed by atoms with van der Waals surface area (Å²) in [6.45, 7) is 6.18. The molecule has 1 saturated heterocycles. The van der Waals surface area contributed by atoms with Gasteiger partial charge in [0.2, 0.25) is 0 Å². The highest BCUT2D eigenvalue weighted by molar-refractivity contribution is 5.95. The number of nitrogens with zero attached hydrogens (tertiary/aromatic N) is 3. The van der Waals surface area contributed by atoms with Crippen molar-refractivity contribution in [3.63, 3.8) is 0 Å². The van der Waals surface area contributed by atoms with E-state index in [0.717, 1.165) is 42.6 Å². The van der Waals surface area contributed by atoms with Crippen molar-refractivity contribution in [2.75, 3.05) is 39.3 Å². The Morgan fingerprint density at radius 1 is 1.22 bits per heavy atom. The largest absolute Gasteiger partial charge is 0.434 e. The van der Waals surface area contributed by atoms with E-state index in [1.807, 2.05) is 6.92 Å². The molecule has 0 aliphatic carbocycles. The number of carbonyl (C=O) groups excluding carboxylic acids is 1. The van der Waals surface area contributed by atoms with E-state index in [1.54, 1.807) is 24.3 Å². The van der Waals surface area contributed by atoms with Crippen LogP contribution in [-0.4, -0.2) is 59.9 Å². The summed E-state index contributed by atoms with van der Waals surface area (Å²) in [6, 6.07) is 6.49. The lowest BCUT2D eigenvalue weighted by Crippen LogP contribution is -2.46. The third kappa shape index (κ3) is 4.67. The average molecular weight is 381 g/mol. The molecule has 0 radical (unpaired) electrons. The minimum Gasteiger partial charge on any atom is -0.351 e.